The van der Waals surface area contributed by atoms with E-state index < -0.39 is 0 Å². The van der Waals surface area contributed by atoms with E-state index in [1.165, 1.54) is 81.8 Å². The highest BCUT2D eigenvalue weighted by atomic mass is 15.0. The molecule has 0 bridgehead atoms. The summed E-state index contributed by atoms with van der Waals surface area (Å²) in [4.78, 5) is 0. The Labute approximate surface area is 221 Å². The third kappa shape index (κ3) is 2.62. The van der Waals surface area contributed by atoms with Crippen molar-refractivity contribution in [1.82, 2.24) is 8.97 Å². The first kappa shape index (κ1) is 21.5. The molecule has 2 nitrogen and oxygen atoms in total. The van der Waals surface area contributed by atoms with E-state index in [-0.39, 0.29) is 0 Å². The maximum atomic E-state index is 3.92. The number of hydrogen-bond donors (Lipinski definition) is 0. The molecule has 0 aliphatic carbocycles. The fourth-order valence-electron chi connectivity index (χ4n) is 6.99. The number of para-hydroxylation sites is 3. The highest BCUT2D eigenvalue weighted by Crippen LogP contribution is 2.48. The number of rotatable bonds is 4. The Balaban J connectivity index is 1.71. The summed E-state index contributed by atoms with van der Waals surface area (Å²) < 4.78 is 5.17. The smallest absolute Gasteiger partial charge is 0.0792 e. The number of nitrogens with zero attached hydrogens (tertiary/aromatic N) is 2. The molecule has 0 fully saturated rings. The Morgan fingerprint density at radius 3 is 2.03 bits per heavy atom. The highest BCUT2D eigenvalue weighted by Gasteiger charge is 2.25. The van der Waals surface area contributed by atoms with Crippen LogP contribution in [0.25, 0.3) is 70.7 Å². The maximum Gasteiger partial charge on any atom is 0.0792 e. The van der Waals surface area contributed by atoms with Gasteiger partial charge in [0.15, 0.2) is 0 Å². The minimum atomic E-state index is 0.919. The van der Waals surface area contributed by atoms with Gasteiger partial charge in [0.05, 0.1) is 22.1 Å². The van der Waals surface area contributed by atoms with E-state index in [1.807, 2.05) is 6.08 Å². The molecule has 8 aromatic rings. The summed E-state index contributed by atoms with van der Waals surface area (Å²) in [5.74, 6) is 0. The van der Waals surface area contributed by atoms with Crippen LogP contribution in [0, 0.1) is 6.92 Å². The zero-order chi connectivity index (χ0) is 25.5. The molecule has 182 valence electrons. The molecule has 0 aliphatic heterocycles. The largest absolute Gasteiger partial charge is 0.338 e. The Morgan fingerprint density at radius 1 is 0.658 bits per heavy atom. The van der Waals surface area contributed by atoms with E-state index >= 15 is 0 Å². The Morgan fingerprint density at radius 2 is 1.26 bits per heavy atom. The summed E-state index contributed by atoms with van der Waals surface area (Å²) in [5, 5.41) is 10.7. The predicted molar refractivity (Wildman–Crippen MR) is 165 cm³/mol. The van der Waals surface area contributed by atoms with Crippen LogP contribution in [-0.2, 0) is 6.54 Å². The molecule has 0 radical (unpaired) electrons. The van der Waals surface area contributed by atoms with Gasteiger partial charge in [-0.05, 0) is 42.7 Å². The molecule has 0 amide bonds. The van der Waals surface area contributed by atoms with E-state index in [9.17, 15) is 0 Å². The summed E-state index contributed by atoms with van der Waals surface area (Å²) in [5.41, 5.74) is 9.28. The lowest BCUT2D eigenvalue weighted by Crippen LogP contribution is -2.00. The van der Waals surface area contributed by atoms with Gasteiger partial charge in [0.2, 0.25) is 0 Å². The fourth-order valence-corrected chi connectivity index (χ4v) is 6.99. The number of fused-ring (bicyclic) bond motifs is 13. The van der Waals surface area contributed by atoms with Crippen molar-refractivity contribution >= 4 is 70.7 Å². The molecule has 0 unspecified atom stereocenters. The van der Waals surface area contributed by atoms with Crippen LogP contribution in [0.4, 0.5) is 0 Å². The Hall–Kier alpha value is -4.56. The van der Waals surface area contributed by atoms with Crippen molar-refractivity contribution in [3.05, 3.63) is 115 Å². The van der Waals surface area contributed by atoms with Gasteiger partial charge in [-0.25, -0.2) is 0 Å². The molecular weight excluding hydrogens is 460 g/mol. The van der Waals surface area contributed by atoms with Gasteiger partial charge in [-0.1, -0.05) is 103 Å². The van der Waals surface area contributed by atoms with Crippen LogP contribution in [-0.4, -0.2) is 8.97 Å². The number of benzene rings is 5. The molecule has 38 heavy (non-hydrogen) atoms. The van der Waals surface area contributed by atoms with Gasteiger partial charge in [0, 0.05) is 44.4 Å². The second kappa shape index (κ2) is 7.72. The molecule has 3 aromatic heterocycles. The van der Waals surface area contributed by atoms with Crippen LogP contribution in [0.5, 0.6) is 0 Å². The zero-order valence-electron chi connectivity index (χ0n) is 21.8. The second-order valence-electron chi connectivity index (χ2n) is 10.7. The molecule has 2 heteroatoms. The molecule has 0 N–H and O–H groups in total. The summed E-state index contributed by atoms with van der Waals surface area (Å²) in [6.07, 6.45) is 5.01. The minimum absolute atomic E-state index is 0.919. The molecule has 5 aromatic carbocycles. The molecule has 0 spiro atoms. The van der Waals surface area contributed by atoms with Gasteiger partial charge < -0.3 is 8.97 Å². The third-order valence-electron chi connectivity index (χ3n) is 8.53. The van der Waals surface area contributed by atoms with Gasteiger partial charge >= 0.3 is 0 Å². The standard InChI is InChI=1S/C36H28N2/c1-4-11-22(2)20-21-37-30-19-8-7-15-28(30)31-24-13-5-6-14-25(24)32-29-18-10-17-27-26-16-9-12-23(3)33(26)38(34(27)29)36(32)35(31)37/h4-19H,1,20-21H2,2-3H3/b22-11-. The first-order valence-corrected chi connectivity index (χ1v) is 13.5. The lowest BCUT2D eigenvalue weighted by atomic mass is 9.98. The molecule has 0 saturated heterocycles. The van der Waals surface area contributed by atoms with Gasteiger partial charge in [-0.3, -0.25) is 0 Å². The van der Waals surface area contributed by atoms with Gasteiger partial charge in [-0.2, -0.15) is 0 Å². The molecule has 3 heterocycles. The predicted octanol–water partition coefficient (Wildman–Crippen LogP) is 9.93. The summed E-state index contributed by atoms with van der Waals surface area (Å²) in [7, 11) is 0. The van der Waals surface area contributed by atoms with E-state index in [1.54, 1.807) is 0 Å². The van der Waals surface area contributed by atoms with E-state index in [0.29, 0.717) is 0 Å². The second-order valence-corrected chi connectivity index (χ2v) is 10.7. The Kier molecular flexibility index (Phi) is 4.37. The van der Waals surface area contributed by atoms with Crippen LogP contribution in [0.15, 0.2) is 109 Å². The summed E-state index contributed by atoms with van der Waals surface area (Å²) in [6, 6.07) is 31.5. The lowest BCUT2D eigenvalue weighted by molar-refractivity contribution is 0.740. The van der Waals surface area contributed by atoms with Crippen LogP contribution >= 0.6 is 0 Å². The quantitative estimate of drug-likeness (QED) is 0.218. The van der Waals surface area contributed by atoms with Gasteiger partial charge in [-0.15, -0.1) is 0 Å². The minimum Gasteiger partial charge on any atom is -0.338 e. The van der Waals surface area contributed by atoms with Crippen molar-refractivity contribution in [3.8, 4) is 0 Å². The van der Waals surface area contributed by atoms with Crippen LogP contribution < -0.4 is 0 Å². The van der Waals surface area contributed by atoms with E-state index in [2.05, 4.69) is 120 Å². The SMILES string of the molecule is C=C/C=C(/C)CCn1c2ccccc2c2c3ccccc3c3c4cccc5c6cccc(C)c6n(c54)c3c21. The van der Waals surface area contributed by atoms with Crippen molar-refractivity contribution in [1.29, 1.82) is 0 Å². The summed E-state index contributed by atoms with van der Waals surface area (Å²) >= 11 is 0. The van der Waals surface area contributed by atoms with Crippen LogP contribution in [0.2, 0.25) is 0 Å². The van der Waals surface area contributed by atoms with Gasteiger partial charge in [0.25, 0.3) is 0 Å². The fraction of sp³-hybridized carbons (Fsp3) is 0.111. The Bertz CT molecular complexity index is 2270. The zero-order valence-corrected chi connectivity index (χ0v) is 21.8. The lowest BCUT2D eigenvalue weighted by Gasteiger charge is -2.12. The number of aryl methyl sites for hydroxylation is 2. The first-order valence-electron chi connectivity index (χ1n) is 13.5. The van der Waals surface area contributed by atoms with Crippen LogP contribution in [0.1, 0.15) is 18.9 Å². The van der Waals surface area contributed by atoms with Crippen molar-refractivity contribution in [2.75, 3.05) is 0 Å². The third-order valence-corrected chi connectivity index (χ3v) is 8.53. The van der Waals surface area contributed by atoms with Crippen molar-refractivity contribution in [2.45, 2.75) is 26.8 Å². The van der Waals surface area contributed by atoms with E-state index in [0.717, 1.165) is 13.0 Å². The highest BCUT2D eigenvalue weighted by molar-refractivity contribution is 6.38. The molecule has 0 saturated carbocycles. The monoisotopic (exact) mass is 488 g/mol. The number of allylic oxidation sites excluding steroid dienone is 3. The van der Waals surface area contributed by atoms with Crippen LogP contribution in [0.3, 0.4) is 0 Å². The van der Waals surface area contributed by atoms with Crippen molar-refractivity contribution in [3.63, 3.8) is 0 Å². The summed E-state index contributed by atoms with van der Waals surface area (Å²) in [6.45, 7) is 9.29. The van der Waals surface area contributed by atoms with Gasteiger partial charge in [0.1, 0.15) is 0 Å². The number of aromatic nitrogens is 2. The first-order chi connectivity index (χ1) is 18.7. The molecular formula is C36H28N2. The topological polar surface area (TPSA) is 9.34 Å². The average Bonchev–Trinajstić information content (AvgIpc) is 3.58. The molecule has 8 rings (SSSR count). The average molecular weight is 489 g/mol. The molecule has 0 aliphatic rings. The normalized spacial score (nSPS) is 12.9. The van der Waals surface area contributed by atoms with Crippen molar-refractivity contribution in [2.24, 2.45) is 0 Å². The maximum absolute atomic E-state index is 3.92. The number of hydrogen-bond acceptors (Lipinski definition) is 0. The molecule has 0 atom stereocenters. The van der Waals surface area contributed by atoms with Crippen molar-refractivity contribution < 1.29 is 0 Å². The van der Waals surface area contributed by atoms with E-state index in [4.69, 9.17) is 0 Å².